The lowest BCUT2D eigenvalue weighted by Crippen LogP contribution is -2.39. The molecule has 0 heterocycles. The van der Waals surface area contributed by atoms with Crippen molar-refractivity contribution in [3.05, 3.63) is 28.2 Å². The smallest absolute Gasteiger partial charge is 0.313 e. The highest BCUT2D eigenvalue weighted by molar-refractivity contribution is 9.10. The molecule has 0 aromatic heterocycles. The van der Waals surface area contributed by atoms with Crippen molar-refractivity contribution in [3.63, 3.8) is 0 Å². The Labute approximate surface area is 125 Å². The third-order valence-electron chi connectivity index (χ3n) is 3.55. The zero-order chi connectivity index (χ0) is 14.8. The number of aliphatic hydroxyl groups is 1. The van der Waals surface area contributed by atoms with E-state index >= 15 is 0 Å². The van der Waals surface area contributed by atoms with Gasteiger partial charge in [-0.25, -0.2) is 0 Å². The third-order valence-corrected chi connectivity index (χ3v) is 4.41. The number of carbonyl (C=O) groups excluding carboxylic acids is 2. The first-order valence-corrected chi connectivity index (χ1v) is 7.21. The zero-order valence-corrected chi connectivity index (χ0v) is 12.8. The number of nitrogens with one attached hydrogen (secondary N) is 2. The van der Waals surface area contributed by atoms with Crippen LogP contribution in [0.25, 0.3) is 0 Å². The van der Waals surface area contributed by atoms with Crippen LogP contribution in [0.1, 0.15) is 18.4 Å². The van der Waals surface area contributed by atoms with Crippen LogP contribution >= 0.6 is 15.9 Å². The van der Waals surface area contributed by atoms with E-state index in [9.17, 15) is 9.59 Å². The van der Waals surface area contributed by atoms with Crippen LogP contribution in [-0.4, -0.2) is 30.1 Å². The van der Waals surface area contributed by atoms with Crippen molar-refractivity contribution in [2.75, 3.05) is 18.5 Å². The summed E-state index contributed by atoms with van der Waals surface area (Å²) < 4.78 is 0.868. The van der Waals surface area contributed by atoms with Crippen LogP contribution in [-0.2, 0) is 9.59 Å². The Morgan fingerprint density at radius 1 is 1.35 bits per heavy atom. The summed E-state index contributed by atoms with van der Waals surface area (Å²) in [6.45, 7) is 2.32. The molecule has 0 saturated heterocycles. The Morgan fingerprint density at radius 2 is 2.05 bits per heavy atom. The van der Waals surface area contributed by atoms with Gasteiger partial charge in [0, 0.05) is 22.1 Å². The van der Waals surface area contributed by atoms with E-state index in [2.05, 4.69) is 26.6 Å². The van der Waals surface area contributed by atoms with Crippen molar-refractivity contribution < 1.29 is 14.7 Å². The third kappa shape index (κ3) is 3.58. The Morgan fingerprint density at radius 3 is 2.60 bits per heavy atom. The fourth-order valence-electron chi connectivity index (χ4n) is 1.77. The van der Waals surface area contributed by atoms with E-state index in [0.29, 0.717) is 12.2 Å². The Hall–Kier alpha value is -1.40. The lowest BCUT2D eigenvalue weighted by atomic mass is 10.1. The van der Waals surface area contributed by atoms with Crippen LogP contribution in [0.4, 0.5) is 5.69 Å². The van der Waals surface area contributed by atoms with Gasteiger partial charge in [0.1, 0.15) is 0 Å². The molecule has 1 aliphatic carbocycles. The summed E-state index contributed by atoms with van der Waals surface area (Å²) in [5.74, 6) is -1.38. The molecule has 108 valence electrons. The van der Waals surface area contributed by atoms with Crippen molar-refractivity contribution in [1.29, 1.82) is 0 Å². The van der Waals surface area contributed by atoms with Gasteiger partial charge in [-0.2, -0.15) is 0 Å². The minimum atomic E-state index is -0.700. The summed E-state index contributed by atoms with van der Waals surface area (Å²) in [4.78, 5) is 23.4. The average molecular weight is 341 g/mol. The van der Waals surface area contributed by atoms with Gasteiger partial charge in [-0.3, -0.25) is 9.59 Å². The monoisotopic (exact) mass is 340 g/mol. The van der Waals surface area contributed by atoms with Crippen LogP contribution in [0.3, 0.4) is 0 Å². The number of benzene rings is 1. The van der Waals surface area contributed by atoms with Crippen molar-refractivity contribution >= 4 is 33.4 Å². The summed E-state index contributed by atoms with van der Waals surface area (Å²) in [5.41, 5.74) is 1.40. The predicted molar refractivity (Wildman–Crippen MR) is 79.3 cm³/mol. The Kier molecular flexibility index (Phi) is 4.45. The van der Waals surface area contributed by atoms with Crippen molar-refractivity contribution in [2.24, 2.45) is 5.41 Å². The van der Waals surface area contributed by atoms with Crippen LogP contribution < -0.4 is 10.6 Å². The largest absolute Gasteiger partial charge is 0.396 e. The van der Waals surface area contributed by atoms with Crippen LogP contribution in [0.5, 0.6) is 0 Å². The summed E-state index contributed by atoms with van der Waals surface area (Å²) >= 11 is 3.37. The average Bonchev–Trinajstić information content (AvgIpc) is 3.21. The first-order chi connectivity index (χ1) is 9.46. The second kappa shape index (κ2) is 5.93. The lowest BCUT2D eigenvalue weighted by molar-refractivity contribution is -0.136. The molecule has 0 spiro atoms. The number of hydrogen-bond donors (Lipinski definition) is 3. The van der Waals surface area contributed by atoms with Gasteiger partial charge in [0.15, 0.2) is 0 Å². The number of anilines is 1. The number of amides is 2. The van der Waals surface area contributed by atoms with Gasteiger partial charge in [0.2, 0.25) is 0 Å². The standard InChI is InChI=1S/C14H17BrN2O3/c1-9-2-3-10(6-11(9)15)17-13(20)12(19)16-7-14(8-18)4-5-14/h2-3,6,18H,4-5,7-8H2,1H3,(H,16,19)(H,17,20). The minimum absolute atomic E-state index is 0.0415. The zero-order valence-electron chi connectivity index (χ0n) is 11.2. The number of halogens is 1. The molecule has 5 nitrogen and oxygen atoms in total. The maximum absolute atomic E-state index is 11.7. The fourth-order valence-corrected chi connectivity index (χ4v) is 2.15. The van der Waals surface area contributed by atoms with Gasteiger partial charge in [0.25, 0.3) is 0 Å². The van der Waals surface area contributed by atoms with Crippen molar-refractivity contribution in [2.45, 2.75) is 19.8 Å². The maximum atomic E-state index is 11.7. The minimum Gasteiger partial charge on any atom is -0.396 e. The first-order valence-electron chi connectivity index (χ1n) is 6.42. The molecule has 20 heavy (non-hydrogen) atoms. The number of hydrogen-bond acceptors (Lipinski definition) is 3. The molecule has 1 saturated carbocycles. The normalized spacial score (nSPS) is 15.6. The topological polar surface area (TPSA) is 78.4 Å². The second-order valence-corrected chi connectivity index (χ2v) is 6.11. The van der Waals surface area contributed by atoms with Gasteiger partial charge in [0.05, 0.1) is 6.61 Å². The number of aliphatic hydroxyl groups excluding tert-OH is 1. The highest BCUT2D eigenvalue weighted by Gasteiger charge is 2.42. The fraction of sp³-hybridized carbons (Fsp3) is 0.429. The van der Waals surface area contributed by atoms with Gasteiger partial charge in [-0.1, -0.05) is 22.0 Å². The van der Waals surface area contributed by atoms with Crippen LogP contribution in [0, 0.1) is 12.3 Å². The van der Waals surface area contributed by atoms with Gasteiger partial charge in [-0.05, 0) is 37.5 Å². The summed E-state index contributed by atoms with van der Waals surface area (Å²) in [5, 5.41) is 14.2. The van der Waals surface area contributed by atoms with Crippen molar-refractivity contribution in [1.82, 2.24) is 5.32 Å². The molecule has 0 atom stereocenters. The van der Waals surface area contributed by atoms with E-state index in [-0.39, 0.29) is 12.0 Å². The van der Waals surface area contributed by atoms with Crippen LogP contribution in [0.15, 0.2) is 22.7 Å². The Bertz CT molecular complexity index is 541. The second-order valence-electron chi connectivity index (χ2n) is 5.26. The van der Waals surface area contributed by atoms with E-state index in [1.54, 1.807) is 12.1 Å². The molecule has 2 amide bonds. The van der Waals surface area contributed by atoms with E-state index in [4.69, 9.17) is 5.11 Å². The number of rotatable bonds is 4. The Balaban J connectivity index is 1.87. The summed E-state index contributed by atoms with van der Waals surface area (Å²) in [6, 6.07) is 5.33. The molecule has 2 rings (SSSR count). The molecular formula is C14H17BrN2O3. The van der Waals surface area contributed by atoms with Crippen molar-refractivity contribution in [3.8, 4) is 0 Å². The number of aryl methyl sites for hydroxylation is 1. The molecule has 1 aromatic rings. The van der Waals surface area contributed by atoms with E-state index in [1.807, 2.05) is 13.0 Å². The van der Waals surface area contributed by atoms with Gasteiger partial charge in [-0.15, -0.1) is 0 Å². The van der Waals surface area contributed by atoms with E-state index in [0.717, 1.165) is 22.9 Å². The molecule has 1 aromatic carbocycles. The van der Waals surface area contributed by atoms with E-state index < -0.39 is 11.8 Å². The molecule has 6 heteroatoms. The molecule has 0 aliphatic heterocycles. The number of carbonyl (C=O) groups is 2. The quantitative estimate of drug-likeness (QED) is 0.728. The molecule has 0 radical (unpaired) electrons. The summed E-state index contributed by atoms with van der Waals surface area (Å²) in [6.07, 6.45) is 1.77. The first kappa shape index (κ1) is 15.0. The lowest BCUT2D eigenvalue weighted by Gasteiger charge is -2.12. The van der Waals surface area contributed by atoms with Crippen LogP contribution in [0.2, 0.25) is 0 Å². The summed E-state index contributed by atoms with van der Waals surface area (Å²) in [7, 11) is 0. The molecular weight excluding hydrogens is 324 g/mol. The molecule has 0 bridgehead atoms. The highest BCUT2D eigenvalue weighted by Crippen LogP contribution is 2.44. The SMILES string of the molecule is Cc1ccc(NC(=O)C(=O)NCC2(CO)CC2)cc1Br. The molecule has 0 unspecified atom stereocenters. The molecule has 1 aliphatic rings. The molecule has 3 N–H and O–H groups in total. The van der Waals surface area contributed by atoms with Gasteiger partial charge < -0.3 is 15.7 Å². The van der Waals surface area contributed by atoms with Gasteiger partial charge >= 0.3 is 11.8 Å². The highest BCUT2D eigenvalue weighted by atomic mass is 79.9. The predicted octanol–water partition coefficient (Wildman–Crippen LogP) is 1.58. The van der Waals surface area contributed by atoms with E-state index in [1.165, 1.54) is 0 Å². The maximum Gasteiger partial charge on any atom is 0.313 e. The molecule has 1 fully saturated rings.